The summed E-state index contributed by atoms with van der Waals surface area (Å²) in [5.74, 6) is 0. The normalized spacial score (nSPS) is 6.80. The van der Waals surface area contributed by atoms with Crippen LogP contribution < -0.4 is 0 Å². The van der Waals surface area contributed by atoms with Gasteiger partial charge in [0.1, 0.15) is 0 Å². The van der Waals surface area contributed by atoms with E-state index in [9.17, 15) is 0 Å². The maximum Gasteiger partial charge on any atom is 0.278 e. The lowest BCUT2D eigenvalue weighted by Gasteiger charge is -1.77. The van der Waals surface area contributed by atoms with Crippen molar-refractivity contribution in [1.82, 2.24) is 0 Å². The van der Waals surface area contributed by atoms with Gasteiger partial charge in [-0.1, -0.05) is 13.6 Å². The Morgan fingerprint density at radius 2 is 1.80 bits per heavy atom. The highest BCUT2D eigenvalue weighted by atomic mass is 31.0. The molecule has 0 aliphatic rings. The lowest BCUT2D eigenvalue weighted by molar-refractivity contribution is 1.78. The molecule has 0 N–H and O–H groups in total. The van der Waals surface area contributed by atoms with E-state index in [1.165, 1.54) is 0 Å². The van der Waals surface area contributed by atoms with Gasteiger partial charge in [0.25, 0.3) is 6.85 Å². The van der Waals surface area contributed by atoms with Gasteiger partial charge in [0.15, 0.2) is 0 Å². The van der Waals surface area contributed by atoms with E-state index in [2.05, 4.69) is 13.7 Å². The van der Waals surface area contributed by atoms with Gasteiger partial charge in [0.2, 0.25) is 0 Å². The van der Waals surface area contributed by atoms with Crippen molar-refractivity contribution in [1.29, 1.82) is 0 Å². The number of nitrogens with zero attached hydrogens (tertiary/aromatic N) is 1. The average molecular weight is 86.9 g/mol. The zero-order valence-corrected chi connectivity index (χ0v) is 4.52. The monoisotopic (exact) mass is 87.0 g/mol. The van der Waals surface area contributed by atoms with Crippen molar-refractivity contribution in [2.24, 2.45) is 4.66 Å². The predicted molar refractivity (Wildman–Crippen MR) is 28.2 cm³/mol. The molecule has 0 fully saturated rings. The molecule has 0 spiro atoms. The third-order valence-electron chi connectivity index (χ3n) is 0.258. The zero-order valence-electron chi connectivity index (χ0n) is 3.52. The molecule has 5 heavy (non-hydrogen) atoms. The van der Waals surface area contributed by atoms with E-state index in [0.717, 1.165) is 0 Å². The van der Waals surface area contributed by atoms with E-state index in [4.69, 9.17) is 0 Å². The van der Waals surface area contributed by atoms with Crippen molar-refractivity contribution in [3.63, 3.8) is 0 Å². The standard InChI is InChI=1S/C2H7BNP/c1-3(2)4-5/h5H,1-2H3. The first-order valence-electron chi connectivity index (χ1n) is 1.64. The Morgan fingerprint density at radius 1 is 1.60 bits per heavy atom. The maximum absolute atomic E-state index is 3.69. The van der Waals surface area contributed by atoms with Crippen LogP contribution in [0, 0.1) is 0 Å². The van der Waals surface area contributed by atoms with Gasteiger partial charge in [-0.15, -0.1) is 0 Å². The molecule has 1 nitrogen and oxygen atoms in total. The van der Waals surface area contributed by atoms with E-state index in [-0.39, 0.29) is 0 Å². The Bertz CT molecular complexity index is 36.6. The molecule has 0 saturated carbocycles. The Kier molecular flexibility index (Phi) is 2.48. The Labute approximate surface area is 35.2 Å². The molecule has 0 aliphatic carbocycles. The summed E-state index contributed by atoms with van der Waals surface area (Å²) in [6.07, 6.45) is 0. The largest absolute Gasteiger partial charge is 0.330 e. The molecular weight excluding hydrogens is 79.8 g/mol. The number of hydrogen-bond acceptors (Lipinski definition) is 1. The van der Waals surface area contributed by atoms with Crippen LogP contribution in [0.2, 0.25) is 13.6 Å². The summed E-state index contributed by atoms with van der Waals surface area (Å²) in [6, 6.07) is 0. The molecule has 0 radical (unpaired) electrons. The Morgan fingerprint density at radius 3 is 1.80 bits per heavy atom. The summed E-state index contributed by atoms with van der Waals surface area (Å²) in [4.78, 5) is 0. The summed E-state index contributed by atoms with van der Waals surface area (Å²) < 4.78 is 3.69. The highest BCUT2D eigenvalue weighted by Gasteiger charge is 1.85. The second-order valence-corrected chi connectivity index (χ2v) is 1.48. The number of hydrogen-bond donors (Lipinski definition) is 0. The van der Waals surface area contributed by atoms with Gasteiger partial charge in [-0.3, -0.25) is 0 Å². The van der Waals surface area contributed by atoms with E-state index < -0.39 is 0 Å². The quantitative estimate of drug-likeness (QED) is 0.340. The first kappa shape index (κ1) is 5.16. The average Bonchev–Trinajstić information content (AvgIpc) is 1.38. The molecule has 28 valence electrons. The van der Waals surface area contributed by atoms with Gasteiger partial charge >= 0.3 is 0 Å². The van der Waals surface area contributed by atoms with Gasteiger partial charge in [0.05, 0.1) is 0 Å². The highest BCUT2D eigenvalue weighted by Crippen LogP contribution is 1.80. The maximum atomic E-state index is 3.69. The van der Waals surface area contributed by atoms with Gasteiger partial charge < -0.3 is 4.66 Å². The third kappa shape index (κ3) is 4.16. The fourth-order valence-corrected chi connectivity index (χ4v) is 0. The lowest BCUT2D eigenvalue weighted by atomic mass is 9.71. The van der Waals surface area contributed by atoms with Crippen molar-refractivity contribution < 1.29 is 0 Å². The molecule has 0 amide bonds. The van der Waals surface area contributed by atoms with Crippen LogP contribution in [0.5, 0.6) is 0 Å². The molecule has 0 saturated heterocycles. The minimum Gasteiger partial charge on any atom is -0.330 e. The van der Waals surface area contributed by atoms with E-state index >= 15 is 0 Å². The summed E-state index contributed by atoms with van der Waals surface area (Å²) in [7, 11) is 2.98. The summed E-state index contributed by atoms with van der Waals surface area (Å²) >= 11 is 0. The van der Waals surface area contributed by atoms with Gasteiger partial charge in [-0.2, -0.15) is 0 Å². The second kappa shape index (κ2) is 2.41. The van der Waals surface area contributed by atoms with Crippen molar-refractivity contribution >= 4 is 15.9 Å². The third-order valence-corrected chi connectivity index (χ3v) is 0.775. The van der Waals surface area contributed by atoms with Crippen LogP contribution in [-0.2, 0) is 0 Å². The molecule has 0 unspecified atom stereocenters. The van der Waals surface area contributed by atoms with Crippen LogP contribution in [0.3, 0.4) is 0 Å². The Balaban J connectivity index is 2.83. The number of rotatable bonds is 1. The second-order valence-electron chi connectivity index (χ2n) is 1.22. The first-order valence-corrected chi connectivity index (χ1v) is 2.08. The fourth-order valence-electron chi connectivity index (χ4n) is 0. The molecule has 0 aromatic rings. The van der Waals surface area contributed by atoms with Crippen LogP contribution >= 0.6 is 9.03 Å². The van der Waals surface area contributed by atoms with E-state index in [1.54, 1.807) is 0 Å². The van der Waals surface area contributed by atoms with E-state index in [1.807, 2.05) is 13.6 Å². The van der Waals surface area contributed by atoms with Crippen LogP contribution in [0.25, 0.3) is 0 Å². The van der Waals surface area contributed by atoms with Gasteiger partial charge in [-0.25, -0.2) is 0 Å². The Hall–Kier alpha value is 0.165. The van der Waals surface area contributed by atoms with Crippen LogP contribution in [0.4, 0.5) is 0 Å². The summed E-state index contributed by atoms with van der Waals surface area (Å²) in [5.41, 5.74) is 0. The molecule has 0 rings (SSSR count). The summed E-state index contributed by atoms with van der Waals surface area (Å²) in [6.45, 7) is 4.44. The van der Waals surface area contributed by atoms with Crippen LogP contribution in [-0.4, -0.2) is 6.85 Å². The molecule has 0 aromatic carbocycles. The molecule has 0 aromatic heterocycles. The molecule has 3 heteroatoms. The summed E-state index contributed by atoms with van der Waals surface area (Å²) in [5, 5.41) is 0. The van der Waals surface area contributed by atoms with E-state index in [0.29, 0.717) is 6.85 Å². The molecule has 0 atom stereocenters. The molecule has 0 aliphatic heterocycles. The predicted octanol–water partition coefficient (Wildman–Crippen LogP) is 1.56. The molecular formula is C2H7BNP. The van der Waals surface area contributed by atoms with Crippen molar-refractivity contribution in [2.45, 2.75) is 13.6 Å². The molecule has 0 bridgehead atoms. The molecule has 0 heterocycles. The zero-order chi connectivity index (χ0) is 4.28. The lowest BCUT2D eigenvalue weighted by Crippen LogP contribution is -1.87. The van der Waals surface area contributed by atoms with Crippen LogP contribution in [0.1, 0.15) is 0 Å². The van der Waals surface area contributed by atoms with Crippen molar-refractivity contribution in [3.8, 4) is 0 Å². The SMILES string of the molecule is CB(C)N=P. The topological polar surface area (TPSA) is 12.4 Å². The smallest absolute Gasteiger partial charge is 0.278 e. The van der Waals surface area contributed by atoms with Gasteiger partial charge in [-0.05, 0) is 9.03 Å². The minimum atomic E-state index is 0.423. The van der Waals surface area contributed by atoms with Crippen molar-refractivity contribution in [3.05, 3.63) is 0 Å². The minimum absolute atomic E-state index is 0.423. The highest BCUT2D eigenvalue weighted by molar-refractivity contribution is 7.07. The van der Waals surface area contributed by atoms with Gasteiger partial charge in [0, 0.05) is 0 Å². The first-order chi connectivity index (χ1) is 2.27. The van der Waals surface area contributed by atoms with Crippen molar-refractivity contribution in [2.75, 3.05) is 0 Å². The van der Waals surface area contributed by atoms with Crippen LogP contribution in [0.15, 0.2) is 4.66 Å². The fraction of sp³-hybridized carbons (Fsp3) is 1.00.